The number of anilines is 1. The molecule has 4 rings (SSSR count). The first kappa shape index (κ1) is 22.9. The third-order valence-corrected chi connectivity index (χ3v) is 5.91. The zero-order chi connectivity index (χ0) is 24.3. The molecule has 33 heavy (non-hydrogen) atoms. The second-order valence-electron chi connectivity index (χ2n) is 8.03. The van der Waals surface area contributed by atoms with Crippen LogP contribution in [0.2, 0.25) is 0 Å². The van der Waals surface area contributed by atoms with Crippen LogP contribution in [-0.2, 0) is 12.6 Å². The van der Waals surface area contributed by atoms with Gasteiger partial charge in [-0.3, -0.25) is 14.2 Å². The number of aryl methyl sites for hydroxylation is 1. The van der Waals surface area contributed by atoms with E-state index >= 15 is 0 Å². The fraction of sp³-hybridized carbons (Fsp3) is 0.381. The van der Waals surface area contributed by atoms with Crippen molar-refractivity contribution in [1.82, 2.24) is 14.3 Å². The standard InChI is InChI=1S/C21H18F6N4O2/c1-10(11-4-3-5-12(16(11)22)17(23)24)28-18-14-9-31(20(6-7-20)21(25,26)27)15(32)8-13(14)19(33)30(2)29-18/h3-5,8-10,17H,6-7H2,1-2H3,(H,28,29)/t10-/m1/s1. The predicted octanol–water partition coefficient (Wildman–Crippen LogP) is 4.40. The highest BCUT2D eigenvalue weighted by atomic mass is 19.4. The van der Waals surface area contributed by atoms with Crippen LogP contribution in [0.3, 0.4) is 0 Å². The number of aromatic nitrogens is 3. The minimum Gasteiger partial charge on any atom is -0.361 e. The summed E-state index contributed by atoms with van der Waals surface area (Å²) < 4.78 is 83.0. The van der Waals surface area contributed by atoms with Crippen molar-refractivity contribution in [3.05, 3.63) is 68.1 Å². The summed E-state index contributed by atoms with van der Waals surface area (Å²) in [7, 11) is 1.28. The number of halogens is 6. The Balaban J connectivity index is 1.86. The van der Waals surface area contributed by atoms with Gasteiger partial charge in [0.1, 0.15) is 11.4 Å². The van der Waals surface area contributed by atoms with Crippen molar-refractivity contribution >= 4 is 16.6 Å². The fourth-order valence-corrected chi connectivity index (χ4v) is 3.90. The topological polar surface area (TPSA) is 68.9 Å². The van der Waals surface area contributed by atoms with Crippen molar-refractivity contribution in [3.63, 3.8) is 0 Å². The zero-order valence-corrected chi connectivity index (χ0v) is 17.4. The van der Waals surface area contributed by atoms with E-state index in [0.717, 1.165) is 23.0 Å². The first-order chi connectivity index (χ1) is 15.4. The largest absolute Gasteiger partial charge is 0.412 e. The second kappa shape index (κ2) is 7.63. The highest BCUT2D eigenvalue weighted by Gasteiger charge is 2.65. The molecule has 1 aromatic carbocycles. The average Bonchev–Trinajstić information content (AvgIpc) is 3.53. The summed E-state index contributed by atoms with van der Waals surface area (Å²) >= 11 is 0. The van der Waals surface area contributed by atoms with Gasteiger partial charge in [0.25, 0.3) is 17.5 Å². The van der Waals surface area contributed by atoms with Gasteiger partial charge >= 0.3 is 6.18 Å². The molecule has 12 heteroatoms. The van der Waals surface area contributed by atoms with Crippen molar-refractivity contribution in [2.45, 2.75) is 43.9 Å². The SMILES string of the molecule is C[C@@H](Nc1nn(C)c(=O)c2cc(=O)n(C3(C(F)(F)F)CC3)cc12)c1cccc(C(F)F)c1F. The Morgan fingerprint density at radius 3 is 2.33 bits per heavy atom. The van der Waals surface area contributed by atoms with Crippen LogP contribution >= 0.6 is 0 Å². The molecule has 176 valence electrons. The normalized spacial score (nSPS) is 16.3. The molecule has 0 saturated heterocycles. The Morgan fingerprint density at radius 1 is 1.12 bits per heavy atom. The maximum absolute atomic E-state index is 14.6. The third-order valence-electron chi connectivity index (χ3n) is 5.91. The molecule has 0 bridgehead atoms. The maximum atomic E-state index is 14.6. The predicted molar refractivity (Wildman–Crippen MR) is 108 cm³/mol. The summed E-state index contributed by atoms with van der Waals surface area (Å²) in [6, 6.07) is 3.35. The van der Waals surface area contributed by atoms with Crippen LogP contribution in [0.25, 0.3) is 10.8 Å². The number of fused-ring (bicyclic) bond motifs is 1. The molecular weight excluding hydrogens is 454 g/mol. The highest BCUT2D eigenvalue weighted by Crippen LogP contribution is 2.54. The summed E-state index contributed by atoms with van der Waals surface area (Å²) in [6.45, 7) is 1.44. The van der Waals surface area contributed by atoms with Crippen molar-refractivity contribution < 1.29 is 26.3 Å². The molecular formula is C21H18F6N4O2. The van der Waals surface area contributed by atoms with E-state index in [2.05, 4.69) is 10.4 Å². The molecule has 1 atom stereocenters. The minimum atomic E-state index is -4.68. The van der Waals surface area contributed by atoms with Gasteiger partial charge < -0.3 is 5.32 Å². The highest BCUT2D eigenvalue weighted by molar-refractivity contribution is 5.90. The average molecular weight is 472 g/mol. The molecule has 1 aliphatic rings. The third kappa shape index (κ3) is 3.66. The van der Waals surface area contributed by atoms with Gasteiger partial charge in [-0.05, 0) is 19.8 Å². The zero-order valence-electron chi connectivity index (χ0n) is 17.4. The van der Waals surface area contributed by atoms with Crippen molar-refractivity contribution in [1.29, 1.82) is 0 Å². The Hall–Kier alpha value is -3.31. The van der Waals surface area contributed by atoms with Gasteiger partial charge in [0.2, 0.25) is 0 Å². The molecule has 2 heterocycles. The number of benzene rings is 1. The van der Waals surface area contributed by atoms with E-state index in [1.165, 1.54) is 26.1 Å². The van der Waals surface area contributed by atoms with E-state index in [0.29, 0.717) is 4.57 Å². The van der Waals surface area contributed by atoms with Crippen LogP contribution in [0.1, 0.15) is 43.4 Å². The molecule has 0 radical (unpaired) electrons. The molecule has 0 unspecified atom stereocenters. The minimum absolute atomic E-state index is 0.0782. The van der Waals surface area contributed by atoms with Gasteiger partial charge in [-0.15, -0.1) is 0 Å². The lowest BCUT2D eigenvalue weighted by Gasteiger charge is -2.23. The van der Waals surface area contributed by atoms with Gasteiger partial charge in [0.15, 0.2) is 5.82 Å². The summed E-state index contributed by atoms with van der Waals surface area (Å²) in [5.41, 5.74) is -4.99. The van der Waals surface area contributed by atoms with Gasteiger partial charge in [-0.25, -0.2) is 17.9 Å². The number of rotatable bonds is 5. The molecule has 3 aromatic rings. The number of alkyl halides is 5. The van der Waals surface area contributed by atoms with E-state index in [-0.39, 0.29) is 35.0 Å². The van der Waals surface area contributed by atoms with Gasteiger partial charge in [-0.2, -0.15) is 18.3 Å². The lowest BCUT2D eigenvalue weighted by Crippen LogP contribution is -2.41. The Morgan fingerprint density at radius 2 is 1.76 bits per heavy atom. The van der Waals surface area contributed by atoms with E-state index in [9.17, 15) is 35.9 Å². The van der Waals surface area contributed by atoms with Crippen LogP contribution in [0.15, 0.2) is 40.1 Å². The summed E-state index contributed by atoms with van der Waals surface area (Å²) in [5.74, 6) is -1.24. The summed E-state index contributed by atoms with van der Waals surface area (Å²) in [5, 5.41) is 6.54. The first-order valence-corrected chi connectivity index (χ1v) is 9.91. The lowest BCUT2D eigenvalue weighted by atomic mass is 10.0. The number of nitrogens with zero attached hydrogens (tertiary/aromatic N) is 3. The number of hydrogen-bond donors (Lipinski definition) is 1. The number of hydrogen-bond acceptors (Lipinski definition) is 4. The molecule has 0 amide bonds. The van der Waals surface area contributed by atoms with Crippen molar-refractivity contribution in [3.8, 4) is 0 Å². The molecule has 2 aromatic heterocycles. The molecule has 1 N–H and O–H groups in total. The maximum Gasteiger partial charge on any atom is 0.412 e. The second-order valence-corrected chi connectivity index (χ2v) is 8.03. The summed E-state index contributed by atoms with van der Waals surface area (Å²) in [4.78, 5) is 25.0. The smallest absolute Gasteiger partial charge is 0.361 e. The molecule has 6 nitrogen and oxygen atoms in total. The lowest BCUT2D eigenvalue weighted by molar-refractivity contribution is -0.180. The molecule has 1 fully saturated rings. The van der Waals surface area contributed by atoms with E-state index < -0.39 is 46.7 Å². The summed E-state index contributed by atoms with van der Waals surface area (Å²) in [6.07, 6.45) is -7.37. The van der Waals surface area contributed by atoms with Gasteiger partial charge in [-0.1, -0.05) is 18.2 Å². The number of pyridine rings is 1. The monoisotopic (exact) mass is 472 g/mol. The van der Waals surface area contributed by atoms with Crippen molar-refractivity contribution in [2.24, 2.45) is 7.05 Å². The first-order valence-electron chi connectivity index (χ1n) is 9.91. The van der Waals surface area contributed by atoms with E-state index in [1.807, 2.05) is 0 Å². The van der Waals surface area contributed by atoms with Crippen LogP contribution in [-0.4, -0.2) is 20.5 Å². The number of nitrogens with one attached hydrogen (secondary N) is 1. The quantitative estimate of drug-likeness (QED) is 0.559. The van der Waals surface area contributed by atoms with Crippen molar-refractivity contribution in [2.75, 3.05) is 5.32 Å². The molecule has 1 saturated carbocycles. The van der Waals surface area contributed by atoms with Crippen LogP contribution in [0.4, 0.5) is 32.2 Å². The van der Waals surface area contributed by atoms with Crippen LogP contribution in [0, 0.1) is 5.82 Å². The molecule has 1 aliphatic carbocycles. The van der Waals surface area contributed by atoms with E-state index in [1.54, 1.807) is 0 Å². The van der Waals surface area contributed by atoms with Crippen LogP contribution < -0.4 is 16.4 Å². The fourth-order valence-electron chi connectivity index (χ4n) is 3.90. The Labute approximate surface area is 182 Å². The van der Waals surface area contributed by atoms with Gasteiger partial charge in [0.05, 0.1) is 17.0 Å². The Bertz CT molecular complexity index is 1360. The Kier molecular flexibility index (Phi) is 5.29. The molecule has 0 aliphatic heterocycles. The van der Waals surface area contributed by atoms with E-state index in [4.69, 9.17) is 0 Å². The molecule has 0 spiro atoms. The van der Waals surface area contributed by atoms with Gasteiger partial charge in [0, 0.05) is 30.3 Å². The van der Waals surface area contributed by atoms with Crippen LogP contribution in [0.5, 0.6) is 0 Å².